The monoisotopic (exact) mass is 450 g/mol. The van der Waals surface area contributed by atoms with Gasteiger partial charge < -0.3 is 19.8 Å². The first kappa shape index (κ1) is 22.9. The molecule has 5 rings (SSSR count). The Bertz CT molecular complexity index is 907. The Hall–Kier alpha value is -1.92. The van der Waals surface area contributed by atoms with E-state index in [1.165, 1.54) is 11.1 Å². The molecule has 2 atom stereocenters. The molecule has 178 valence electrons. The highest BCUT2D eigenvalue weighted by atomic mass is 16.5. The lowest BCUT2D eigenvalue weighted by atomic mass is 9.76. The standard InChI is InChI=1S/C28H38N2O3/c31-27(28(32,25-8-4-5-9-25)24-6-2-1-3-7-24)21-30-17-15-29(16-18-30)14-12-22-10-11-26-23(20-22)13-19-33-26/h1-3,6-7,10-11,20,25,27,31-32H,4-5,8-9,12-19,21H2. The van der Waals surface area contributed by atoms with Crippen molar-refractivity contribution in [3.05, 3.63) is 65.2 Å². The summed E-state index contributed by atoms with van der Waals surface area (Å²) in [4.78, 5) is 4.85. The topological polar surface area (TPSA) is 56.2 Å². The molecule has 3 aliphatic rings. The molecular weight excluding hydrogens is 412 g/mol. The Morgan fingerprint density at radius 2 is 1.70 bits per heavy atom. The second-order valence-electron chi connectivity index (χ2n) is 10.1. The Kier molecular flexibility index (Phi) is 7.02. The first-order valence-corrected chi connectivity index (χ1v) is 12.8. The fourth-order valence-corrected chi connectivity index (χ4v) is 6.03. The zero-order valence-electron chi connectivity index (χ0n) is 19.7. The highest BCUT2D eigenvalue weighted by molar-refractivity contribution is 5.39. The number of nitrogens with zero attached hydrogens (tertiary/aromatic N) is 2. The SMILES string of the molecule is OC(CN1CCN(CCc2ccc3c(c2)CCO3)CC1)C(O)(c1ccccc1)C1CCCC1. The number of aliphatic hydroxyl groups is 2. The minimum absolute atomic E-state index is 0.133. The van der Waals surface area contributed by atoms with Crippen LogP contribution in [0.3, 0.4) is 0 Å². The van der Waals surface area contributed by atoms with E-state index in [0.717, 1.165) is 89.2 Å². The number of aliphatic hydroxyl groups excluding tert-OH is 1. The molecule has 2 aliphatic heterocycles. The van der Waals surface area contributed by atoms with Crippen molar-refractivity contribution in [2.24, 2.45) is 5.92 Å². The molecule has 0 radical (unpaired) electrons. The van der Waals surface area contributed by atoms with Crippen LogP contribution in [0.15, 0.2) is 48.5 Å². The maximum Gasteiger partial charge on any atom is 0.122 e. The van der Waals surface area contributed by atoms with Crippen molar-refractivity contribution in [1.29, 1.82) is 0 Å². The van der Waals surface area contributed by atoms with Crippen molar-refractivity contribution in [2.75, 3.05) is 45.9 Å². The number of rotatable bonds is 8. The quantitative estimate of drug-likeness (QED) is 0.647. The number of fused-ring (bicyclic) bond motifs is 1. The van der Waals surface area contributed by atoms with E-state index in [9.17, 15) is 10.2 Å². The van der Waals surface area contributed by atoms with Crippen LogP contribution in [0.25, 0.3) is 0 Å². The fraction of sp³-hybridized carbons (Fsp3) is 0.571. The van der Waals surface area contributed by atoms with Crippen molar-refractivity contribution >= 4 is 0 Å². The summed E-state index contributed by atoms with van der Waals surface area (Å²) in [5, 5.41) is 23.1. The molecule has 5 heteroatoms. The van der Waals surface area contributed by atoms with Crippen LogP contribution in [0.1, 0.15) is 42.4 Å². The van der Waals surface area contributed by atoms with Crippen molar-refractivity contribution in [3.8, 4) is 5.75 Å². The van der Waals surface area contributed by atoms with Gasteiger partial charge in [0.25, 0.3) is 0 Å². The molecule has 2 aromatic rings. The van der Waals surface area contributed by atoms with Crippen LogP contribution < -0.4 is 4.74 Å². The van der Waals surface area contributed by atoms with Crippen molar-refractivity contribution in [3.63, 3.8) is 0 Å². The predicted molar refractivity (Wildman–Crippen MR) is 131 cm³/mol. The predicted octanol–water partition coefficient (Wildman–Crippen LogP) is 3.22. The van der Waals surface area contributed by atoms with E-state index < -0.39 is 11.7 Å². The molecule has 2 fully saturated rings. The van der Waals surface area contributed by atoms with Crippen molar-refractivity contribution in [1.82, 2.24) is 9.80 Å². The molecule has 0 bridgehead atoms. The zero-order chi connectivity index (χ0) is 22.7. The van der Waals surface area contributed by atoms with Crippen LogP contribution in [0.4, 0.5) is 0 Å². The Balaban J connectivity index is 1.14. The molecule has 1 saturated carbocycles. The largest absolute Gasteiger partial charge is 0.493 e. The summed E-state index contributed by atoms with van der Waals surface area (Å²) in [6, 6.07) is 16.5. The van der Waals surface area contributed by atoms with Gasteiger partial charge in [0.2, 0.25) is 0 Å². The molecule has 2 aromatic carbocycles. The molecule has 2 unspecified atom stereocenters. The summed E-state index contributed by atoms with van der Waals surface area (Å²) in [6.07, 6.45) is 5.58. The average Bonchev–Trinajstić information content (AvgIpc) is 3.56. The molecule has 0 aromatic heterocycles. The molecule has 1 saturated heterocycles. The van der Waals surface area contributed by atoms with Gasteiger partial charge in [-0.2, -0.15) is 0 Å². The first-order chi connectivity index (χ1) is 16.1. The normalized spacial score (nSPS) is 22.6. The van der Waals surface area contributed by atoms with E-state index in [0.29, 0.717) is 6.54 Å². The van der Waals surface area contributed by atoms with E-state index in [2.05, 4.69) is 28.0 Å². The van der Waals surface area contributed by atoms with Crippen molar-refractivity contribution < 1.29 is 14.9 Å². The third-order valence-electron chi connectivity index (χ3n) is 8.09. The van der Waals surface area contributed by atoms with Crippen molar-refractivity contribution in [2.45, 2.75) is 50.2 Å². The van der Waals surface area contributed by atoms with E-state index in [1.807, 2.05) is 30.3 Å². The van der Waals surface area contributed by atoms with Crippen LogP contribution in [0.5, 0.6) is 5.75 Å². The Morgan fingerprint density at radius 3 is 2.45 bits per heavy atom. The maximum absolute atomic E-state index is 11.8. The van der Waals surface area contributed by atoms with Gasteiger partial charge in [0.15, 0.2) is 0 Å². The molecular formula is C28H38N2O3. The number of hydrogen-bond donors (Lipinski definition) is 2. The molecule has 33 heavy (non-hydrogen) atoms. The van der Waals surface area contributed by atoms with Gasteiger partial charge in [-0.15, -0.1) is 0 Å². The fourth-order valence-electron chi connectivity index (χ4n) is 6.03. The molecule has 2 heterocycles. The lowest BCUT2D eigenvalue weighted by molar-refractivity contribution is -0.130. The molecule has 2 N–H and O–H groups in total. The zero-order valence-corrected chi connectivity index (χ0v) is 19.7. The second-order valence-corrected chi connectivity index (χ2v) is 10.1. The van der Waals surface area contributed by atoms with Crippen LogP contribution >= 0.6 is 0 Å². The maximum atomic E-state index is 11.8. The van der Waals surface area contributed by atoms with Crippen LogP contribution in [-0.4, -0.2) is 72.0 Å². The number of β-amino-alcohol motifs (C(OH)–C–C–N with tert-alkyl or cyclic N) is 1. The van der Waals surface area contributed by atoms with Gasteiger partial charge in [0.1, 0.15) is 11.4 Å². The molecule has 5 nitrogen and oxygen atoms in total. The molecule has 0 spiro atoms. The Morgan fingerprint density at radius 1 is 0.970 bits per heavy atom. The van der Waals surface area contributed by atoms with Crippen LogP contribution in [0.2, 0.25) is 0 Å². The smallest absolute Gasteiger partial charge is 0.122 e. The average molecular weight is 451 g/mol. The third-order valence-corrected chi connectivity index (χ3v) is 8.09. The summed E-state index contributed by atoms with van der Waals surface area (Å²) in [6.45, 7) is 6.29. The van der Waals surface area contributed by atoms with Gasteiger partial charge in [0.05, 0.1) is 12.7 Å². The Labute approximate surface area is 198 Å². The highest BCUT2D eigenvalue weighted by Crippen LogP contribution is 2.43. The summed E-state index contributed by atoms with van der Waals surface area (Å²) >= 11 is 0. The van der Waals surface area contributed by atoms with Gasteiger partial charge in [-0.3, -0.25) is 4.90 Å². The van der Waals surface area contributed by atoms with E-state index >= 15 is 0 Å². The lowest BCUT2D eigenvalue weighted by Crippen LogP contribution is -2.54. The number of benzene rings is 2. The third kappa shape index (κ3) is 4.97. The first-order valence-electron chi connectivity index (χ1n) is 12.8. The second kappa shape index (κ2) is 10.1. The van der Waals surface area contributed by atoms with E-state index in [-0.39, 0.29) is 5.92 Å². The van der Waals surface area contributed by atoms with Gasteiger partial charge in [-0.1, -0.05) is 55.3 Å². The minimum Gasteiger partial charge on any atom is -0.493 e. The minimum atomic E-state index is -1.16. The van der Waals surface area contributed by atoms with E-state index in [4.69, 9.17) is 4.74 Å². The number of ether oxygens (including phenoxy) is 1. The van der Waals surface area contributed by atoms with Gasteiger partial charge in [-0.05, 0) is 47.9 Å². The number of hydrogen-bond acceptors (Lipinski definition) is 5. The van der Waals surface area contributed by atoms with Gasteiger partial charge in [0, 0.05) is 45.7 Å². The lowest BCUT2D eigenvalue weighted by Gasteiger charge is -2.42. The molecule has 0 amide bonds. The van der Waals surface area contributed by atoms with Crippen LogP contribution in [0, 0.1) is 5.92 Å². The summed E-state index contributed by atoms with van der Waals surface area (Å²) < 4.78 is 5.62. The summed E-state index contributed by atoms with van der Waals surface area (Å²) in [5.74, 6) is 1.19. The summed E-state index contributed by atoms with van der Waals surface area (Å²) in [7, 11) is 0. The molecule has 1 aliphatic carbocycles. The van der Waals surface area contributed by atoms with Gasteiger partial charge >= 0.3 is 0 Å². The van der Waals surface area contributed by atoms with E-state index in [1.54, 1.807) is 0 Å². The number of piperazine rings is 1. The van der Waals surface area contributed by atoms with Crippen LogP contribution in [-0.2, 0) is 18.4 Å². The summed E-state index contributed by atoms with van der Waals surface area (Å²) in [5.41, 5.74) is 2.44. The highest BCUT2D eigenvalue weighted by Gasteiger charge is 2.46. The van der Waals surface area contributed by atoms with Gasteiger partial charge in [-0.25, -0.2) is 0 Å².